The minimum Gasteiger partial charge on any atom is -0.508 e. The van der Waals surface area contributed by atoms with Crippen LogP contribution in [-0.2, 0) is 27.4 Å². The van der Waals surface area contributed by atoms with Gasteiger partial charge in [0.05, 0.1) is 39.1 Å². The Hall–Kier alpha value is -4.07. The van der Waals surface area contributed by atoms with Crippen LogP contribution in [0.4, 0.5) is 4.79 Å². The lowest BCUT2D eigenvalue weighted by Gasteiger charge is -2.39. The van der Waals surface area contributed by atoms with E-state index in [2.05, 4.69) is 24.3 Å². The number of phenolic OH excluding ortho intramolecular Hbond substituents is 1. The number of fused-ring (bicyclic) bond motifs is 1. The maximum Gasteiger partial charge on any atom is 0.410 e. The molecule has 1 amide bonds. The maximum atomic E-state index is 12.9. The monoisotopic (exact) mass is 597 g/mol. The smallest absolute Gasteiger partial charge is 0.410 e. The summed E-state index contributed by atoms with van der Waals surface area (Å²) in [7, 11) is 0. The van der Waals surface area contributed by atoms with E-state index in [4.69, 9.17) is 18.9 Å². The highest BCUT2D eigenvalue weighted by molar-refractivity contribution is 5.84. The molecule has 7 nitrogen and oxygen atoms in total. The van der Waals surface area contributed by atoms with Gasteiger partial charge in [0, 0.05) is 18.9 Å². The number of carbonyl (C=O) groups excluding carboxylic acids is 1. The molecule has 0 bridgehead atoms. The predicted octanol–water partition coefficient (Wildman–Crippen LogP) is 7.84. The average Bonchev–Trinajstić information content (AvgIpc) is 3.01. The lowest BCUT2D eigenvalue weighted by Crippen LogP contribution is -2.48. The minimum atomic E-state index is -0.565. The molecule has 0 aliphatic carbocycles. The quantitative estimate of drug-likeness (QED) is 0.178. The summed E-state index contributed by atoms with van der Waals surface area (Å²) in [6.07, 6.45) is 1.03. The van der Waals surface area contributed by atoms with Crippen LogP contribution in [-0.4, -0.2) is 54.1 Å². The van der Waals surface area contributed by atoms with Gasteiger partial charge in [-0.3, -0.25) is 0 Å². The van der Waals surface area contributed by atoms with Gasteiger partial charge in [0.25, 0.3) is 0 Å². The molecule has 1 fully saturated rings. The number of hydrogen-bond acceptors (Lipinski definition) is 6. The van der Waals surface area contributed by atoms with Crippen LogP contribution < -0.4 is 4.74 Å². The van der Waals surface area contributed by atoms with E-state index in [-0.39, 0.29) is 23.9 Å². The molecule has 7 heteroatoms. The largest absolute Gasteiger partial charge is 0.508 e. The maximum absolute atomic E-state index is 12.9. The van der Waals surface area contributed by atoms with E-state index in [1.54, 1.807) is 17.0 Å². The zero-order valence-corrected chi connectivity index (χ0v) is 25.9. The highest BCUT2D eigenvalue weighted by Crippen LogP contribution is 2.33. The van der Waals surface area contributed by atoms with Crippen molar-refractivity contribution in [3.63, 3.8) is 0 Å². The standard InChI is InChI=1S/C37H43NO6/c1-37(2,3)44-36(40)38-19-18-34(35(24-38)43-26-28-10-11-29-12-15-32(39)23-31(29)22-28)30-13-16-33(17-14-30)42-21-7-20-41-25-27-8-5-4-6-9-27/h4-6,8-17,22-23,34-35,39H,7,18-21,24-26H2,1-3H3. The van der Waals surface area contributed by atoms with Crippen molar-refractivity contribution in [3.05, 3.63) is 108 Å². The van der Waals surface area contributed by atoms with Gasteiger partial charge in [0.15, 0.2) is 0 Å². The Morgan fingerprint density at radius 3 is 2.41 bits per heavy atom. The van der Waals surface area contributed by atoms with Crippen molar-refractivity contribution in [2.45, 2.75) is 64.4 Å². The number of piperidine rings is 1. The number of carbonyl (C=O) groups is 1. The second-order valence-electron chi connectivity index (χ2n) is 12.3. The molecule has 1 heterocycles. The fourth-order valence-corrected chi connectivity index (χ4v) is 5.46. The molecule has 1 N–H and O–H groups in total. The molecule has 5 rings (SSSR count). The van der Waals surface area contributed by atoms with Gasteiger partial charge in [0.2, 0.25) is 0 Å². The van der Waals surface area contributed by atoms with Crippen molar-refractivity contribution < 1.29 is 28.8 Å². The number of likely N-dealkylation sites (tertiary alicyclic amines) is 1. The Kier molecular flexibility index (Phi) is 10.4. The Morgan fingerprint density at radius 1 is 0.864 bits per heavy atom. The first kappa shape index (κ1) is 31.4. The molecule has 1 aliphatic rings. The molecular weight excluding hydrogens is 554 g/mol. The predicted molar refractivity (Wildman–Crippen MR) is 172 cm³/mol. The van der Waals surface area contributed by atoms with Crippen molar-refractivity contribution in [1.82, 2.24) is 4.90 Å². The van der Waals surface area contributed by atoms with Crippen LogP contribution in [0.1, 0.15) is 56.2 Å². The van der Waals surface area contributed by atoms with Crippen molar-refractivity contribution in [2.24, 2.45) is 0 Å². The Balaban J connectivity index is 1.19. The van der Waals surface area contributed by atoms with Crippen LogP contribution in [0, 0.1) is 0 Å². The molecule has 0 radical (unpaired) electrons. The van der Waals surface area contributed by atoms with Gasteiger partial charge in [-0.05, 0) is 85.0 Å². The first-order chi connectivity index (χ1) is 21.2. The van der Waals surface area contributed by atoms with Crippen molar-refractivity contribution in [2.75, 3.05) is 26.3 Å². The number of aromatic hydroxyl groups is 1. The fraction of sp³-hybridized carbons (Fsp3) is 0.378. The van der Waals surface area contributed by atoms with Gasteiger partial charge in [-0.2, -0.15) is 0 Å². The molecule has 1 saturated heterocycles. The molecule has 4 aromatic rings. The molecule has 2 unspecified atom stereocenters. The van der Waals surface area contributed by atoms with Crippen LogP contribution in [0.2, 0.25) is 0 Å². The SMILES string of the molecule is CC(C)(C)OC(=O)N1CCC(c2ccc(OCCCOCc3ccccc3)cc2)C(OCc2ccc3ccc(O)cc3c2)C1. The summed E-state index contributed by atoms with van der Waals surface area (Å²) in [5, 5.41) is 11.9. The first-order valence-corrected chi connectivity index (χ1v) is 15.4. The second-order valence-corrected chi connectivity index (χ2v) is 12.3. The van der Waals surface area contributed by atoms with Crippen molar-refractivity contribution >= 4 is 16.9 Å². The molecule has 4 aromatic carbocycles. The normalized spacial score (nSPS) is 17.0. The zero-order valence-electron chi connectivity index (χ0n) is 25.9. The van der Waals surface area contributed by atoms with Gasteiger partial charge >= 0.3 is 6.09 Å². The van der Waals surface area contributed by atoms with Crippen molar-refractivity contribution in [3.8, 4) is 11.5 Å². The lowest BCUT2D eigenvalue weighted by molar-refractivity contribution is -0.0359. The molecule has 0 spiro atoms. The van der Waals surface area contributed by atoms with Crippen LogP contribution >= 0.6 is 0 Å². The van der Waals surface area contributed by atoms with Crippen LogP contribution in [0.15, 0.2) is 91.0 Å². The highest BCUT2D eigenvalue weighted by Gasteiger charge is 2.35. The van der Waals surface area contributed by atoms with Gasteiger partial charge in [-0.1, -0.05) is 60.7 Å². The summed E-state index contributed by atoms with van der Waals surface area (Å²) in [4.78, 5) is 14.7. The number of hydrogen-bond donors (Lipinski definition) is 1. The number of benzene rings is 4. The number of amides is 1. The molecular formula is C37H43NO6. The van der Waals surface area contributed by atoms with Gasteiger partial charge in [-0.25, -0.2) is 4.79 Å². The minimum absolute atomic E-state index is 0.110. The summed E-state index contributed by atoms with van der Waals surface area (Å²) >= 11 is 0. The van der Waals surface area contributed by atoms with Crippen LogP contribution in [0.25, 0.3) is 10.8 Å². The Labute approximate surface area is 260 Å². The number of ether oxygens (including phenoxy) is 4. The van der Waals surface area contributed by atoms with E-state index in [1.165, 1.54) is 5.56 Å². The lowest BCUT2D eigenvalue weighted by atomic mass is 9.87. The molecule has 44 heavy (non-hydrogen) atoms. The van der Waals surface area contributed by atoms with Gasteiger partial charge in [0.1, 0.15) is 17.1 Å². The highest BCUT2D eigenvalue weighted by atomic mass is 16.6. The second kappa shape index (κ2) is 14.6. The number of nitrogens with zero attached hydrogens (tertiary/aromatic N) is 1. The average molecular weight is 598 g/mol. The Bertz CT molecular complexity index is 1500. The first-order valence-electron chi connectivity index (χ1n) is 15.4. The van der Waals surface area contributed by atoms with Gasteiger partial charge < -0.3 is 29.0 Å². The Morgan fingerprint density at radius 2 is 1.64 bits per heavy atom. The van der Waals surface area contributed by atoms with Gasteiger partial charge in [-0.15, -0.1) is 0 Å². The zero-order chi connectivity index (χ0) is 30.9. The molecule has 2 atom stereocenters. The van der Waals surface area contributed by atoms with E-state index >= 15 is 0 Å². The van der Waals surface area contributed by atoms with Crippen LogP contribution in [0.5, 0.6) is 11.5 Å². The van der Waals surface area contributed by atoms with E-state index in [0.717, 1.165) is 40.5 Å². The van der Waals surface area contributed by atoms with E-state index < -0.39 is 5.60 Å². The van der Waals surface area contributed by atoms with E-state index in [9.17, 15) is 9.90 Å². The van der Waals surface area contributed by atoms with Crippen LogP contribution in [0.3, 0.4) is 0 Å². The van der Waals surface area contributed by atoms with Crippen molar-refractivity contribution in [1.29, 1.82) is 0 Å². The molecule has 0 saturated carbocycles. The topological polar surface area (TPSA) is 77.5 Å². The molecule has 232 valence electrons. The number of phenols is 1. The van der Waals surface area contributed by atoms with E-state index in [1.807, 2.05) is 75.4 Å². The molecule has 1 aliphatic heterocycles. The third kappa shape index (κ3) is 8.97. The van der Waals surface area contributed by atoms with E-state index in [0.29, 0.717) is 39.5 Å². The number of rotatable bonds is 11. The summed E-state index contributed by atoms with van der Waals surface area (Å²) in [5.41, 5.74) is 2.76. The fourth-order valence-electron chi connectivity index (χ4n) is 5.46. The summed E-state index contributed by atoms with van der Waals surface area (Å²) in [6.45, 7) is 8.89. The summed E-state index contributed by atoms with van der Waals surface area (Å²) in [5.74, 6) is 1.17. The third-order valence-corrected chi connectivity index (χ3v) is 7.68. The summed E-state index contributed by atoms with van der Waals surface area (Å²) < 4.78 is 23.9. The third-order valence-electron chi connectivity index (χ3n) is 7.68. The molecule has 0 aromatic heterocycles. The summed E-state index contributed by atoms with van der Waals surface area (Å²) in [6, 6.07) is 29.8.